The number of ether oxygens (including phenoxy) is 2. The van der Waals surface area contributed by atoms with Gasteiger partial charge in [0.15, 0.2) is 0 Å². The van der Waals surface area contributed by atoms with Crippen molar-refractivity contribution >= 4 is 0 Å². The SMILES string of the molecule is CO[C@@H]1[C@@H](n2cc(-c3ccc(C(C)C)cn3)nn2)COC12CCC2. The summed E-state index contributed by atoms with van der Waals surface area (Å²) >= 11 is 0. The molecule has 2 aliphatic rings. The van der Waals surface area contributed by atoms with Crippen molar-refractivity contribution in [3.8, 4) is 11.4 Å². The third-order valence-corrected chi connectivity index (χ3v) is 5.43. The van der Waals surface area contributed by atoms with Gasteiger partial charge in [-0.15, -0.1) is 5.10 Å². The highest BCUT2D eigenvalue weighted by Gasteiger charge is 2.55. The Labute approximate surface area is 142 Å². The molecule has 1 spiro atoms. The monoisotopic (exact) mass is 328 g/mol. The van der Waals surface area contributed by atoms with Crippen molar-refractivity contribution in [2.45, 2.75) is 56.8 Å². The van der Waals surface area contributed by atoms with Gasteiger partial charge in [-0.05, 0) is 36.8 Å². The Bertz CT molecular complexity index is 706. The van der Waals surface area contributed by atoms with Crippen molar-refractivity contribution in [2.75, 3.05) is 13.7 Å². The summed E-state index contributed by atoms with van der Waals surface area (Å²) in [4.78, 5) is 4.53. The maximum absolute atomic E-state index is 6.07. The zero-order valence-corrected chi connectivity index (χ0v) is 14.5. The first-order chi connectivity index (χ1) is 11.6. The summed E-state index contributed by atoms with van der Waals surface area (Å²) < 4.78 is 13.7. The van der Waals surface area contributed by atoms with E-state index in [0.29, 0.717) is 12.5 Å². The smallest absolute Gasteiger partial charge is 0.131 e. The summed E-state index contributed by atoms with van der Waals surface area (Å²) in [6.45, 7) is 4.95. The average molecular weight is 328 g/mol. The molecule has 2 aromatic rings. The largest absolute Gasteiger partial charge is 0.376 e. The Hall–Kier alpha value is -1.79. The van der Waals surface area contributed by atoms with Gasteiger partial charge in [-0.2, -0.15) is 0 Å². The minimum atomic E-state index is -0.108. The third-order valence-electron chi connectivity index (χ3n) is 5.43. The third kappa shape index (κ3) is 2.45. The molecule has 0 amide bonds. The topological polar surface area (TPSA) is 62.1 Å². The van der Waals surface area contributed by atoms with Gasteiger partial charge in [-0.3, -0.25) is 4.98 Å². The van der Waals surface area contributed by atoms with Crippen molar-refractivity contribution in [1.82, 2.24) is 20.0 Å². The lowest BCUT2D eigenvalue weighted by atomic mass is 9.75. The molecule has 4 rings (SSSR count). The standard InChI is InChI=1S/C18H24N4O2/c1-12(2)13-5-6-14(19-9-13)15-10-22(21-20-15)16-11-24-18(7-4-8-18)17(16)23-3/h5-6,9-10,12,16-17H,4,7-8,11H2,1-3H3/t16-,17+/m0/s1. The number of hydrogen-bond acceptors (Lipinski definition) is 5. The molecule has 2 aromatic heterocycles. The molecule has 24 heavy (non-hydrogen) atoms. The molecule has 1 aliphatic carbocycles. The van der Waals surface area contributed by atoms with Crippen LogP contribution in [0.5, 0.6) is 0 Å². The number of pyridine rings is 1. The zero-order valence-electron chi connectivity index (χ0n) is 14.5. The van der Waals surface area contributed by atoms with Crippen LogP contribution in [0.25, 0.3) is 11.4 Å². The predicted molar refractivity (Wildman–Crippen MR) is 89.7 cm³/mol. The van der Waals surface area contributed by atoms with E-state index in [2.05, 4.69) is 35.2 Å². The fourth-order valence-electron chi connectivity index (χ4n) is 3.77. The van der Waals surface area contributed by atoms with Crippen LogP contribution in [0.3, 0.4) is 0 Å². The van der Waals surface area contributed by atoms with Crippen LogP contribution in [-0.2, 0) is 9.47 Å². The lowest BCUT2D eigenvalue weighted by molar-refractivity contribution is -0.123. The lowest BCUT2D eigenvalue weighted by Crippen LogP contribution is -2.48. The van der Waals surface area contributed by atoms with Crippen molar-refractivity contribution in [3.63, 3.8) is 0 Å². The van der Waals surface area contributed by atoms with E-state index in [1.807, 2.05) is 23.1 Å². The van der Waals surface area contributed by atoms with Crippen LogP contribution in [0.4, 0.5) is 0 Å². The number of hydrogen-bond donors (Lipinski definition) is 0. The molecule has 2 atom stereocenters. The fraction of sp³-hybridized carbons (Fsp3) is 0.611. The van der Waals surface area contributed by atoms with Gasteiger partial charge in [0, 0.05) is 13.3 Å². The Morgan fingerprint density at radius 2 is 2.12 bits per heavy atom. The van der Waals surface area contributed by atoms with E-state index in [1.54, 1.807) is 7.11 Å². The maximum atomic E-state index is 6.07. The van der Waals surface area contributed by atoms with Crippen LogP contribution in [0, 0.1) is 0 Å². The molecule has 3 heterocycles. The predicted octanol–water partition coefficient (Wildman–Crippen LogP) is 2.97. The van der Waals surface area contributed by atoms with E-state index >= 15 is 0 Å². The number of nitrogens with zero attached hydrogens (tertiary/aromatic N) is 4. The molecule has 1 saturated carbocycles. The van der Waals surface area contributed by atoms with Crippen LogP contribution in [-0.4, -0.2) is 45.4 Å². The number of methoxy groups -OCH3 is 1. The molecule has 1 saturated heterocycles. The fourth-order valence-corrected chi connectivity index (χ4v) is 3.77. The molecule has 128 valence electrons. The van der Waals surface area contributed by atoms with E-state index in [-0.39, 0.29) is 17.7 Å². The van der Waals surface area contributed by atoms with Gasteiger partial charge in [0.05, 0.1) is 24.1 Å². The summed E-state index contributed by atoms with van der Waals surface area (Å²) in [5.41, 5.74) is 2.75. The highest BCUT2D eigenvalue weighted by atomic mass is 16.6. The maximum Gasteiger partial charge on any atom is 0.131 e. The normalized spacial score (nSPS) is 25.3. The summed E-state index contributed by atoms with van der Waals surface area (Å²) in [7, 11) is 1.76. The lowest BCUT2D eigenvalue weighted by Gasteiger charge is -2.41. The van der Waals surface area contributed by atoms with Crippen molar-refractivity contribution < 1.29 is 9.47 Å². The Morgan fingerprint density at radius 1 is 1.29 bits per heavy atom. The molecular formula is C18H24N4O2. The van der Waals surface area contributed by atoms with E-state index in [0.717, 1.165) is 24.2 Å². The molecular weight excluding hydrogens is 304 g/mol. The second-order valence-corrected chi connectivity index (χ2v) is 7.17. The van der Waals surface area contributed by atoms with Gasteiger partial charge >= 0.3 is 0 Å². The minimum absolute atomic E-state index is 0.0390. The van der Waals surface area contributed by atoms with E-state index in [1.165, 1.54) is 12.0 Å². The van der Waals surface area contributed by atoms with Crippen LogP contribution in [0.2, 0.25) is 0 Å². The zero-order chi connectivity index (χ0) is 16.7. The summed E-state index contributed by atoms with van der Waals surface area (Å²) in [5.74, 6) is 0.471. The molecule has 0 aromatic carbocycles. The summed E-state index contributed by atoms with van der Waals surface area (Å²) in [6.07, 6.45) is 7.26. The van der Waals surface area contributed by atoms with Crippen LogP contribution >= 0.6 is 0 Å². The first-order valence-corrected chi connectivity index (χ1v) is 8.68. The summed E-state index contributed by atoms with van der Waals surface area (Å²) in [5, 5.41) is 8.63. The minimum Gasteiger partial charge on any atom is -0.376 e. The molecule has 2 fully saturated rings. The molecule has 0 bridgehead atoms. The van der Waals surface area contributed by atoms with Crippen molar-refractivity contribution in [1.29, 1.82) is 0 Å². The second kappa shape index (κ2) is 5.93. The molecule has 0 unspecified atom stereocenters. The number of rotatable bonds is 4. The molecule has 6 nitrogen and oxygen atoms in total. The highest BCUT2D eigenvalue weighted by molar-refractivity contribution is 5.52. The molecule has 0 N–H and O–H groups in total. The van der Waals surface area contributed by atoms with E-state index in [9.17, 15) is 0 Å². The van der Waals surface area contributed by atoms with Gasteiger partial charge < -0.3 is 9.47 Å². The Morgan fingerprint density at radius 3 is 2.71 bits per heavy atom. The first kappa shape index (κ1) is 15.7. The van der Waals surface area contributed by atoms with Gasteiger partial charge in [0.1, 0.15) is 17.8 Å². The molecule has 1 aliphatic heterocycles. The van der Waals surface area contributed by atoms with Gasteiger partial charge in [-0.25, -0.2) is 4.68 Å². The molecule has 0 radical (unpaired) electrons. The quantitative estimate of drug-likeness (QED) is 0.863. The van der Waals surface area contributed by atoms with Gasteiger partial charge in [0.25, 0.3) is 0 Å². The Kier molecular flexibility index (Phi) is 3.89. The van der Waals surface area contributed by atoms with Crippen molar-refractivity contribution in [3.05, 3.63) is 30.1 Å². The van der Waals surface area contributed by atoms with Gasteiger partial charge in [-0.1, -0.05) is 25.1 Å². The Balaban J connectivity index is 1.56. The second-order valence-electron chi connectivity index (χ2n) is 7.17. The van der Waals surface area contributed by atoms with Crippen LogP contribution < -0.4 is 0 Å². The number of aromatic nitrogens is 4. The molecule has 6 heteroatoms. The van der Waals surface area contributed by atoms with E-state index < -0.39 is 0 Å². The first-order valence-electron chi connectivity index (χ1n) is 8.68. The van der Waals surface area contributed by atoms with E-state index in [4.69, 9.17) is 9.47 Å². The van der Waals surface area contributed by atoms with Crippen LogP contribution in [0.1, 0.15) is 50.6 Å². The summed E-state index contributed by atoms with van der Waals surface area (Å²) in [6, 6.07) is 4.19. The van der Waals surface area contributed by atoms with Crippen LogP contribution in [0.15, 0.2) is 24.5 Å². The highest BCUT2D eigenvalue weighted by Crippen LogP contribution is 2.48. The average Bonchev–Trinajstić information content (AvgIpc) is 3.18. The van der Waals surface area contributed by atoms with Crippen molar-refractivity contribution in [2.24, 2.45) is 0 Å². The van der Waals surface area contributed by atoms with Gasteiger partial charge in [0.2, 0.25) is 0 Å².